The van der Waals surface area contributed by atoms with E-state index in [2.05, 4.69) is 13.8 Å². The zero-order chi connectivity index (χ0) is 34.8. The minimum atomic E-state index is -0.790. The second-order valence-electron chi connectivity index (χ2n) is 12.1. The third kappa shape index (κ3) is 6.95. The molecule has 6 rings (SSSR count). The summed E-state index contributed by atoms with van der Waals surface area (Å²) in [6, 6.07) is 24.9. The number of nitrogens with zero attached hydrogens (tertiary/aromatic N) is 2. The predicted octanol–water partition coefficient (Wildman–Crippen LogP) is 7.54. The number of hydrogen-bond donors (Lipinski definition) is 0. The highest BCUT2D eigenvalue weighted by Crippen LogP contribution is 2.36. The first-order valence-corrected chi connectivity index (χ1v) is 17.2. The first-order valence-electron chi connectivity index (χ1n) is 16.0. The van der Waals surface area contributed by atoms with Crippen LogP contribution in [0.15, 0.2) is 105 Å². The molecular formula is C39H35ClN2O6S. The minimum absolute atomic E-state index is 0.165. The van der Waals surface area contributed by atoms with Gasteiger partial charge in [0, 0.05) is 22.2 Å². The van der Waals surface area contributed by atoms with Crippen LogP contribution < -0.4 is 14.9 Å². The van der Waals surface area contributed by atoms with Crippen LogP contribution >= 0.6 is 22.9 Å². The third-order valence-corrected chi connectivity index (χ3v) is 9.22. The van der Waals surface area contributed by atoms with Gasteiger partial charge in [-0.3, -0.25) is 9.36 Å². The number of benzene rings is 3. The Morgan fingerprint density at radius 3 is 2.39 bits per heavy atom. The summed E-state index contributed by atoms with van der Waals surface area (Å²) >= 11 is 7.50. The molecular weight excluding hydrogens is 660 g/mol. The van der Waals surface area contributed by atoms with Gasteiger partial charge in [0.15, 0.2) is 4.80 Å². The van der Waals surface area contributed by atoms with Crippen LogP contribution in [0.3, 0.4) is 0 Å². The largest absolute Gasteiger partial charge is 0.463 e. The van der Waals surface area contributed by atoms with Crippen molar-refractivity contribution in [3.8, 4) is 11.3 Å². The maximum absolute atomic E-state index is 14.3. The van der Waals surface area contributed by atoms with Gasteiger partial charge in [-0.25, -0.2) is 14.6 Å². The average Bonchev–Trinajstić information content (AvgIpc) is 3.68. The molecule has 2 aromatic heterocycles. The molecule has 0 fully saturated rings. The third-order valence-electron chi connectivity index (χ3n) is 8.00. The number of esters is 2. The number of carbonyl (C=O) groups excluding carboxylic acids is 2. The molecule has 1 aliphatic heterocycles. The zero-order valence-corrected chi connectivity index (χ0v) is 29.3. The van der Waals surface area contributed by atoms with Crippen molar-refractivity contribution in [2.24, 2.45) is 4.99 Å². The average molecular weight is 695 g/mol. The Balaban J connectivity index is 1.52. The van der Waals surface area contributed by atoms with E-state index in [0.29, 0.717) is 48.6 Å². The van der Waals surface area contributed by atoms with E-state index in [0.717, 1.165) is 16.7 Å². The van der Waals surface area contributed by atoms with Gasteiger partial charge in [-0.1, -0.05) is 91.4 Å². The van der Waals surface area contributed by atoms with E-state index in [1.165, 1.54) is 11.3 Å². The van der Waals surface area contributed by atoms with Crippen molar-refractivity contribution in [1.29, 1.82) is 0 Å². The van der Waals surface area contributed by atoms with Crippen molar-refractivity contribution in [2.75, 3.05) is 6.61 Å². The number of thiazole rings is 1. The van der Waals surface area contributed by atoms with E-state index < -0.39 is 18.0 Å². The van der Waals surface area contributed by atoms with Crippen molar-refractivity contribution < 1.29 is 23.5 Å². The molecule has 0 bridgehead atoms. The number of halogens is 1. The Morgan fingerprint density at radius 1 is 0.980 bits per heavy atom. The Bertz CT molecular complexity index is 2240. The van der Waals surface area contributed by atoms with Crippen LogP contribution in [0.4, 0.5) is 0 Å². The van der Waals surface area contributed by atoms with E-state index in [-0.39, 0.29) is 23.8 Å². The molecule has 0 N–H and O–H groups in total. The number of aromatic nitrogens is 1. The summed E-state index contributed by atoms with van der Waals surface area (Å²) in [6.07, 6.45) is 1.33. The fourth-order valence-electron chi connectivity index (χ4n) is 5.70. The summed E-state index contributed by atoms with van der Waals surface area (Å²) in [5.41, 5.74) is 3.80. The van der Waals surface area contributed by atoms with Crippen LogP contribution in [-0.4, -0.2) is 29.2 Å². The van der Waals surface area contributed by atoms with Crippen molar-refractivity contribution in [3.05, 3.63) is 143 Å². The van der Waals surface area contributed by atoms with Gasteiger partial charge in [0.2, 0.25) is 0 Å². The maximum atomic E-state index is 14.3. The lowest BCUT2D eigenvalue weighted by Crippen LogP contribution is -2.40. The number of ether oxygens (including phenoxy) is 2. The molecule has 0 unspecified atom stereocenters. The lowest BCUT2D eigenvalue weighted by molar-refractivity contribution is -0.138. The maximum Gasteiger partial charge on any atom is 0.339 e. The minimum Gasteiger partial charge on any atom is -0.463 e. The first kappa shape index (κ1) is 33.9. The lowest BCUT2D eigenvalue weighted by atomic mass is 9.91. The molecule has 5 aromatic rings. The molecule has 3 aromatic carbocycles. The molecule has 8 nitrogen and oxygen atoms in total. The van der Waals surface area contributed by atoms with Crippen LogP contribution in [0.25, 0.3) is 23.1 Å². The molecule has 250 valence electrons. The van der Waals surface area contributed by atoms with Gasteiger partial charge in [-0.15, -0.1) is 0 Å². The van der Waals surface area contributed by atoms with E-state index >= 15 is 0 Å². The molecule has 49 heavy (non-hydrogen) atoms. The zero-order valence-electron chi connectivity index (χ0n) is 27.7. The highest BCUT2D eigenvalue weighted by Gasteiger charge is 2.35. The molecule has 10 heteroatoms. The second kappa shape index (κ2) is 14.2. The summed E-state index contributed by atoms with van der Waals surface area (Å²) in [5, 5.41) is 0.426. The van der Waals surface area contributed by atoms with Crippen molar-refractivity contribution in [3.63, 3.8) is 0 Å². The van der Waals surface area contributed by atoms with Gasteiger partial charge in [0.1, 0.15) is 11.5 Å². The SMILES string of the molecule is CCOC(=O)C1=C(c2ccccc2)N=c2s/c(=C/c3ccc(-c4cc(Cl)ccc4C(=O)OC(C)C)o3)c(=O)n2[C@@H]1c1ccc(C(C)C)cc1. The molecule has 1 atom stereocenters. The van der Waals surface area contributed by atoms with Crippen molar-refractivity contribution in [2.45, 2.75) is 52.7 Å². The predicted molar refractivity (Wildman–Crippen MR) is 191 cm³/mol. The van der Waals surface area contributed by atoms with Gasteiger partial charge in [0.05, 0.1) is 40.1 Å². The summed E-state index contributed by atoms with van der Waals surface area (Å²) < 4.78 is 19.1. The number of furan rings is 1. The highest BCUT2D eigenvalue weighted by atomic mass is 35.5. The van der Waals surface area contributed by atoms with Gasteiger partial charge in [0.25, 0.3) is 5.56 Å². The van der Waals surface area contributed by atoms with E-state index in [9.17, 15) is 14.4 Å². The number of carbonyl (C=O) groups is 2. The van der Waals surface area contributed by atoms with Gasteiger partial charge >= 0.3 is 11.9 Å². The summed E-state index contributed by atoms with van der Waals surface area (Å²) in [5.74, 6) is 0.0331. The molecule has 0 saturated heterocycles. The number of fused-ring (bicyclic) bond motifs is 1. The normalized spacial score (nSPS) is 14.6. The summed E-state index contributed by atoms with van der Waals surface area (Å²) in [6.45, 7) is 9.69. The Morgan fingerprint density at radius 2 is 1.71 bits per heavy atom. The summed E-state index contributed by atoms with van der Waals surface area (Å²) in [4.78, 5) is 46.2. The monoisotopic (exact) mass is 694 g/mol. The topological polar surface area (TPSA) is 100 Å². The summed E-state index contributed by atoms with van der Waals surface area (Å²) in [7, 11) is 0. The van der Waals surface area contributed by atoms with Crippen molar-refractivity contribution in [1.82, 2.24) is 4.57 Å². The Hall–Kier alpha value is -4.99. The molecule has 0 spiro atoms. The van der Waals surface area contributed by atoms with E-state index in [1.54, 1.807) is 61.7 Å². The second-order valence-corrected chi connectivity index (χ2v) is 13.5. The van der Waals surface area contributed by atoms with Crippen LogP contribution in [0.2, 0.25) is 5.02 Å². The lowest BCUT2D eigenvalue weighted by Gasteiger charge is -2.26. The van der Waals surface area contributed by atoms with E-state index in [1.807, 2.05) is 54.6 Å². The van der Waals surface area contributed by atoms with Crippen molar-refractivity contribution >= 4 is 46.6 Å². The molecule has 0 saturated carbocycles. The highest BCUT2D eigenvalue weighted by molar-refractivity contribution is 7.07. The van der Waals surface area contributed by atoms with Gasteiger partial charge < -0.3 is 13.9 Å². The van der Waals surface area contributed by atoms with Crippen LogP contribution in [0.1, 0.15) is 79.4 Å². The molecule has 0 amide bonds. The first-order chi connectivity index (χ1) is 23.5. The van der Waals surface area contributed by atoms with Crippen LogP contribution in [0, 0.1) is 0 Å². The smallest absolute Gasteiger partial charge is 0.339 e. The van der Waals surface area contributed by atoms with Crippen LogP contribution in [-0.2, 0) is 14.3 Å². The Kier molecular flexibility index (Phi) is 9.85. The number of rotatable bonds is 9. The Labute approximate surface area is 292 Å². The molecule has 0 radical (unpaired) electrons. The fraction of sp³-hybridized carbons (Fsp3) is 0.231. The quantitative estimate of drug-likeness (QED) is 0.148. The standard InChI is InChI=1S/C39H35ClN2O6S/c1-6-46-38(45)33-34(25-10-8-7-9-11-25)41-39-42(35(33)26-14-12-24(13-15-26)22(2)3)36(43)32(49-39)21-28-17-19-31(48-28)30-20-27(40)16-18-29(30)37(44)47-23(4)5/h7-23,35H,6H2,1-5H3/b32-21+/t35-/m1/s1. The number of hydrogen-bond acceptors (Lipinski definition) is 8. The van der Waals surface area contributed by atoms with Gasteiger partial charge in [-0.05, 0) is 68.1 Å². The fourth-order valence-corrected chi connectivity index (χ4v) is 6.85. The van der Waals surface area contributed by atoms with Gasteiger partial charge in [-0.2, -0.15) is 0 Å². The molecule has 1 aliphatic rings. The molecule has 0 aliphatic carbocycles. The van der Waals surface area contributed by atoms with E-state index in [4.69, 9.17) is 30.5 Å². The van der Waals surface area contributed by atoms with Crippen LogP contribution in [0.5, 0.6) is 0 Å². The molecule has 3 heterocycles.